The lowest BCUT2D eigenvalue weighted by atomic mass is 9.98. The van der Waals surface area contributed by atoms with Crippen LogP contribution in [0.5, 0.6) is 0 Å². The van der Waals surface area contributed by atoms with Crippen LogP contribution < -0.4 is 0 Å². The molecule has 0 aliphatic heterocycles. The Morgan fingerprint density at radius 1 is 0.591 bits per heavy atom. The van der Waals surface area contributed by atoms with Gasteiger partial charge in [-0.15, -0.1) is 0 Å². The minimum atomic E-state index is 0.601. The first kappa shape index (κ1) is 15.1. The Morgan fingerprint density at radius 2 is 1.18 bits per heavy atom. The highest BCUT2D eigenvalue weighted by molar-refractivity contribution is 6.45. The molecule has 0 spiro atoms. The molecule has 0 aliphatic rings. The molecular weight excluding hydrogens is 311 g/mol. The second-order valence-corrected chi connectivity index (χ2v) is 6.28. The highest BCUT2D eigenvalue weighted by Crippen LogP contribution is 2.40. The monoisotopic (exact) mass is 326 g/mol. The Morgan fingerprint density at radius 3 is 1.77 bits per heavy atom. The van der Waals surface area contributed by atoms with Gasteiger partial charge in [0.05, 0.1) is 10.0 Å². The van der Waals surface area contributed by atoms with Crippen LogP contribution in [0.4, 0.5) is 0 Å². The largest absolute Gasteiger partial charge is 0.0820 e. The molecule has 0 radical (unpaired) electrons. The van der Waals surface area contributed by atoms with Crippen molar-refractivity contribution >= 4 is 23.2 Å². The Hall–Kier alpha value is -1.76. The summed E-state index contributed by atoms with van der Waals surface area (Å²) in [4.78, 5) is 0. The van der Waals surface area contributed by atoms with E-state index < -0.39 is 0 Å². The van der Waals surface area contributed by atoms with Crippen molar-refractivity contribution in [3.63, 3.8) is 0 Å². The summed E-state index contributed by atoms with van der Waals surface area (Å²) >= 11 is 13.1. The van der Waals surface area contributed by atoms with Crippen molar-refractivity contribution in [3.05, 3.63) is 81.8 Å². The standard InChI is InChI=1S/C20H16Cl2/c1-13-6-8-15(9-7-13)17-10-11-18(20(22)19(17)21)16-5-3-4-14(2)12-16/h3-12H,1-2H3. The second kappa shape index (κ2) is 6.16. The van der Waals surface area contributed by atoms with Gasteiger partial charge in [0, 0.05) is 11.1 Å². The fourth-order valence-corrected chi connectivity index (χ4v) is 3.09. The minimum Gasteiger partial charge on any atom is -0.0820 e. The summed E-state index contributed by atoms with van der Waals surface area (Å²) in [7, 11) is 0. The molecule has 22 heavy (non-hydrogen) atoms. The van der Waals surface area contributed by atoms with E-state index in [1.54, 1.807) is 0 Å². The smallest absolute Gasteiger partial charge is 0.0676 e. The molecule has 3 aromatic carbocycles. The lowest BCUT2D eigenvalue weighted by molar-refractivity contribution is 1.46. The predicted octanol–water partition coefficient (Wildman–Crippen LogP) is 6.94. The Bertz CT molecular complexity index is 818. The number of rotatable bonds is 2. The maximum absolute atomic E-state index is 6.53. The fraction of sp³-hybridized carbons (Fsp3) is 0.100. The fourth-order valence-electron chi connectivity index (χ4n) is 2.54. The third-order valence-electron chi connectivity index (χ3n) is 3.77. The summed E-state index contributed by atoms with van der Waals surface area (Å²) in [5, 5.41) is 1.20. The molecule has 0 atom stereocenters. The van der Waals surface area contributed by atoms with Crippen LogP contribution in [0.1, 0.15) is 11.1 Å². The van der Waals surface area contributed by atoms with Crippen molar-refractivity contribution < 1.29 is 0 Å². The molecule has 0 N–H and O–H groups in total. The predicted molar refractivity (Wildman–Crippen MR) is 96.8 cm³/mol. The second-order valence-electron chi connectivity index (χ2n) is 5.52. The van der Waals surface area contributed by atoms with E-state index in [0.717, 1.165) is 22.3 Å². The van der Waals surface area contributed by atoms with Gasteiger partial charge in [-0.1, -0.05) is 95.0 Å². The van der Waals surface area contributed by atoms with Crippen LogP contribution >= 0.6 is 23.2 Å². The van der Waals surface area contributed by atoms with Gasteiger partial charge in [-0.25, -0.2) is 0 Å². The molecule has 0 aliphatic carbocycles. The van der Waals surface area contributed by atoms with Crippen molar-refractivity contribution in [1.82, 2.24) is 0 Å². The summed E-state index contributed by atoms with van der Waals surface area (Å²) in [5.41, 5.74) is 6.51. The zero-order valence-electron chi connectivity index (χ0n) is 12.5. The van der Waals surface area contributed by atoms with Gasteiger partial charge in [-0.05, 0) is 25.0 Å². The molecule has 110 valence electrons. The molecular formula is C20H16Cl2. The number of benzene rings is 3. The summed E-state index contributed by atoms with van der Waals surface area (Å²) in [6.45, 7) is 4.14. The van der Waals surface area contributed by atoms with Gasteiger partial charge in [-0.2, -0.15) is 0 Å². The van der Waals surface area contributed by atoms with Crippen LogP contribution in [0.25, 0.3) is 22.3 Å². The first-order chi connectivity index (χ1) is 10.6. The van der Waals surface area contributed by atoms with Crippen LogP contribution in [0.3, 0.4) is 0 Å². The number of halogens is 2. The molecule has 2 heteroatoms. The number of aryl methyl sites for hydroxylation is 2. The van der Waals surface area contributed by atoms with E-state index in [-0.39, 0.29) is 0 Å². The highest BCUT2D eigenvalue weighted by Gasteiger charge is 2.12. The molecule has 0 amide bonds. The van der Waals surface area contributed by atoms with Gasteiger partial charge in [0.1, 0.15) is 0 Å². The van der Waals surface area contributed by atoms with E-state index in [4.69, 9.17) is 23.2 Å². The van der Waals surface area contributed by atoms with Crippen molar-refractivity contribution in [3.8, 4) is 22.3 Å². The molecule has 0 fully saturated rings. The van der Waals surface area contributed by atoms with Crippen molar-refractivity contribution in [1.29, 1.82) is 0 Å². The first-order valence-corrected chi connectivity index (χ1v) is 7.94. The van der Waals surface area contributed by atoms with Crippen molar-refractivity contribution in [2.24, 2.45) is 0 Å². The summed E-state index contributed by atoms with van der Waals surface area (Å²) in [6.07, 6.45) is 0. The summed E-state index contributed by atoms with van der Waals surface area (Å²) < 4.78 is 0. The van der Waals surface area contributed by atoms with Gasteiger partial charge in [-0.3, -0.25) is 0 Å². The van der Waals surface area contributed by atoms with Crippen molar-refractivity contribution in [2.45, 2.75) is 13.8 Å². The van der Waals surface area contributed by atoms with Gasteiger partial charge < -0.3 is 0 Å². The number of hydrogen-bond donors (Lipinski definition) is 0. The summed E-state index contributed by atoms with van der Waals surface area (Å²) in [5.74, 6) is 0. The maximum atomic E-state index is 6.53. The molecule has 0 aromatic heterocycles. The maximum Gasteiger partial charge on any atom is 0.0676 e. The van der Waals surface area contributed by atoms with E-state index in [2.05, 4.69) is 56.3 Å². The molecule has 0 nitrogen and oxygen atoms in total. The van der Waals surface area contributed by atoms with E-state index in [9.17, 15) is 0 Å². The summed E-state index contributed by atoms with van der Waals surface area (Å²) in [6, 6.07) is 20.6. The topological polar surface area (TPSA) is 0 Å². The van der Waals surface area contributed by atoms with Gasteiger partial charge >= 0.3 is 0 Å². The molecule has 0 saturated carbocycles. The van der Waals surface area contributed by atoms with Crippen LogP contribution in [0.2, 0.25) is 10.0 Å². The lowest BCUT2D eigenvalue weighted by Crippen LogP contribution is -1.86. The van der Waals surface area contributed by atoms with Crippen LogP contribution in [-0.2, 0) is 0 Å². The molecule has 3 aromatic rings. The molecule has 0 bridgehead atoms. The molecule has 0 unspecified atom stereocenters. The average Bonchev–Trinajstić information content (AvgIpc) is 2.51. The van der Waals surface area contributed by atoms with Gasteiger partial charge in [0.15, 0.2) is 0 Å². The molecule has 3 rings (SSSR count). The third-order valence-corrected chi connectivity index (χ3v) is 4.66. The molecule has 0 saturated heterocycles. The number of hydrogen-bond acceptors (Lipinski definition) is 0. The van der Waals surface area contributed by atoms with Crippen LogP contribution in [0.15, 0.2) is 60.7 Å². The first-order valence-electron chi connectivity index (χ1n) is 7.18. The average molecular weight is 327 g/mol. The van der Waals surface area contributed by atoms with Crippen molar-refractivity contribution in [2.75, 3.05) is 0 Å². The SMILES string of the molecule is Cc1ccc(-c2ccc(-c3cccc(C)c3)c(Cl)c2Cl)cc1. The zero-order valence-corrected chi connectivity index (χ0v) is 14.0. The highest BCUT2D eigenvalue weighted by atomic mass is 35.5. The Balaban J connectivity index is 2.11. The van der Waals surface area contributed by atoms with E-state index >= 15 is 0 Å². The van der Waals surface area contributed by atoms with E-state index in [1.807, 2.05) is 18.2 Å². The van der Waals surface area contributed by atoms with Gasteiger partial charge in [0.25, 0.3) is 0 Å². The third kappa shape index (κ3) is 2.90. The minimum absolute atomic E-state index is 0.601. The Kier molecular flexibility index (Phi) is 4.24. The van der Waals surface area contributed by atoms with E-state index in [0.29, 0.717) is 10.0 Å². The Labute approximate surface area is 141 Å². The molecule has 0 heterocycles. The van der Waals surface area contributed by atoms with Gasteiger partial charge in [0.2, 0.25) is 0 Å². The van der Waals surface area contributed by atoms with E-state index in [1.165, 1.54) is 11.1 Å². The normalized spacial score (nSPS) is 10.7. The van der Waals surface area contributed by atoms with Crippen LogP contribution in [-0.4, -0.2) is 0 Å². The zero-order chi connectivity index (χ0) is 15.7. The lowest BCUT2D eigenvalue weighted by Gasteiger charge is -2.12. The van der Waals surface area contributed by atoms with Crippen LogP contribution in [0, 0.1) is 13.8 Å². The quantitative estimate of drug-likeness (QED) is 0.478.